The van der Waals surface area contributed by atoms with Crippen molar-refractivity contribution in [2.45, 2.75) is 6.42 Å². The lowest BCUT2D eigenvalue weighted by atomic mass is 10.2. The van der Waals surface area contributed by atoms with E-state index in [9.17, 15) is 9.59 Å². The minimum absolute atomic E-state index is 0.00926. The third-order valence-corrected chi connectivity index (χ3v) is 0.984. The van der Waals surface area contributed by atoms with Gasteiger partial charge in [0.2, 0.25) is 5.91 Å². The van der Waals surface area contributed by atoms with Crippen LogP contribution in [0, 0.1) is 0 Å². The Hall–Kier alpha value is -1.32. The summed E-state index contributed by atoms with van der Waals surface area (Å²) in [6.45, 7) is 0. The molecule has 2 N–H and O–H groups in total. The monoisotopic (exact) mass is 127 g/mol. The molecule has 0 spiro atoms. The topological polar surface area (TPSA) is 69.4 Å². The summed E-state index contributed by atoms with van der Waals surface area (Å²) in [6, 6.07) is 0. The van der Waals surface area contributed by atoms with Crippen LogP contribution in [0.15, 0.2) is 11.8 Å². The number of amides is 1. The molecule has 0 radical (unpaired) electrons. The zero-order chi connectivity index (χ0) is 6.85. The third kappa shape index (κ3) is 1.07. The Morgan fingerprint density at radius 3 is 2.67 bits per heavy atom. The predicted octanol–water partition coefficient (Wildman–Crippen LogP) is -0.698. The minimum Gasteiger partial charge on any atom is -0.434 e. The quantitative estimate of drug-likeness (QED) is 0.473. The first-order valence-corrected chi connectivity index (χ1v) is 2.38. The highest BCUT2D eigenvalue weighted by atomic mass is 16.5. The number of hydrogen-bond donors (Lipinski definition) is 1. The van der Waals surface area contributed by atoms with E-state index in [4.69, 9.17) is 5.73 Å². The standard InChI is InChI=1S/C5H5NO3/c6-5(8)3-1-4(7)9-2-3/h2H,1H2,(H2,6,8). The molecule has 0 aromatic carbocycles. The predicted molar refractivity (Wildman–Crippen MR) is 28.0 cm³/mol. The lowest BCUT2D eigenvalue weighted by molar-refractivity contribution is -0.135. The van der Waals surface area contributed by atoms with Gasteiger partial charge in [0, 0.05) is 0 Å². The van der Waals surface area contributed by atoms with Crippen LogP contribution in [0.2, 0.25) is 0 Å². The number of esters is 1. The average molecular weight is 127 g/mol. The third-order valence-electron chi connectivity index (χ3n) is 0.984. The number of carbonyl (C=O) groups is 2. The molecule has 1 amide bonds. The van der Waals surface area contributed by atoms with Crippen molar-refractivity contribution in [3.8, 4) is 0 Å². The van der Waals surface area contributed by atoms with Crippen LogP contribution in [0.5, 0.6) is 0 Å². The van der Waals surface area contributed by atoms with Gasteiger partial charge in [-0.25, -0.2) is 0 Å². The van der Waals surface area contributed by atoms with Crippen LogP contribution >= 0.6 is 0 Å². The minimum atomic E-state index is -0.596. The molecule has 0 saturated heterocycles. The van der Waals surface area contributed by atoms with Crippen molar-refractivity contribution in [3.05, 3.63) is 11.8 Å². The highest BCUT2D eigenvalue weighted by Crippen LogP contribution is 2.09. The maximum Gasteiger partial charge on any atom is 0.315 e. The Bertz CT molecular complexity index is 194. The second-order valence-electron chi connectivity index (χ2n) is 1.67. The Kier molecular flexibility index (Phi) is 1.22. The van der Waals surface area contributed by atoms with E-state index in [1.165, 1.54) is 0 Å². The second kappa shape index (κ2) is 1.89. The molecule has 0 saturated carbocycles. The van der Waals surface area contributed by atoms with Gasteiger partial charge in [-0.15, -0.1) is 0 Å². The van der Waals surface area contributed by atoms with Gasteiger partial charge in [0.25, 0.3) is 0 Å². The van der Waals surface area contributed by atoms with Crippen LogP contribution in [-0.4, -0.2) is 11.9 Å². The highest BCUT2D eigenvalue weighted by Gasteiger charge is 2.18. The Morgan fingerprint density at radius 1 is 1.78 bits per heavy atom. The molecule has 9 heavy (non-hydrogen) atoms. The van der Waals surface area contributed by atoms with Gasteiger partial charge in [-0.05, 0) is 0 Å². The summed E-state index contributed by atoms with van der Waals surface area (Å²) in [5, 5.41) is 0. The summed E-state index contributed by atoms with van der Waals surface area (Å²) >= 11 is 0. The molecule has 4 nitrogen and oxygen atoms in total. The summed E-state index contributed by atoms with van der Waals surface area (Å²) in [5.74, 6) is -1.02. The maximum absolute atomic E-state index is 10.3. The Morgan fingerprint density at radius 2 is 2.44 bits per heavy atom. The second-order valence-corrected chi connectivity index (χ2v) is 1.67. The number of hydrogen-bond acceptors (Lipinski definition) is 3. The van der Waals surface area contributed by atoms with Crippen LogP contribution in [0.25, 0.3) is 0 Å². The molecule has 1 heterocycles. The fourth-order valence-corrected chi connectivity index (χ4v) is 0.521. The SMILES string of the molecule is NC(=O)C1=COC(=O)C1. The fraction of sp³-hybridized carbons (Fsp3) is 0.200. The van der Waals surface area contributed by atoms with Gasteiger partial charge < -0.3 is 10.5 Å². The number of nitrogens with two attached hydrogens (primary N) is 1. The molecular formula is C5H5NO3. The summed E-state index contributed by atoms with van der Waals surface area (Å²) < 4.78 is 4.32. The van der Waals surface area contributed by atoms with Crippen molar-refractivity contribution < 1.29 is 14.3 Å². The van der Waals surface area contributed by atoms with Gasteiger partial charge >= 0.3 is 5.97 Å². The molecule has 0 fully saturated rings. The summed E-state index contributed by atoms with van der Waals surface area (Å²) in [5.41, 5.74) is 5.06. The Balaban J connectivity index is 2.65. The lowest BCUT2D eigenvalue weighted by Gasteiger charge is -1.84. The summed E-state index contributed by atoms with van der Waals surface area (Å²) in [7, 11) is 0. The fourth-order valence-electron chi connectivity index (χ4n) is 0.521. The molecule has 0 unspecified atom stereocenters. The van der Waals surface area contributed by atoms with E-state index >= 15 is 0 Å². The molecule has 0 aromatic rings. The van der Waals surface area contributed by atoms with Crippen molar-refractivity contribution in [1.29, 1.82) is 0 Å². The van der Waals surface area contributed by atoms with E-state index in [0.29, 0.717) is 0 Å². The van der Waals surface area contributed by atoms with Gasteiger partial charge in [-0.3, -0.25) is 9.59 Å². The largest absolute Gasteiger partial charge is 0.434 e. The summed E-state index contributed by atoms with van der Waals surface area (Å²) in [4.78, 5) is 20.5. The number of carbonyl (C=O) groups excluding carboxylic acids is 2. The van der Waals surface area contributed by atoms with Crippen molar-refractivity contribution in [2.75, 3.05) is 0 Å². The first kappa shape index (κ1) is 5.81. The van der Waals surface area contributed by atoms with Crippen molar-refractivity contribution >= 4 is 11.9 Å². The molecule has 1 rings (SSSR count). The van der Waals surface area contributed by atoms with Crippen LogP contribution < -0.4 is 5.73 Å². The number of cyclic esters (lactones) is 1. The first-order chi connectivity index (χ1) is 4.20. The normalized spacial score (nSPS) is 16.9. The number of rotatable bonds is 1. The molecule has 48 valence electrons. The van der Waals surface area contributed by atoms with E-state index in [2.05, 4.69) is 4.74 Å². The van der Waals surface area contributed by atoms with Gasteiger partial charge in [-0.2, -0.15) is 0 Å². The highest BCUT2D eigenvalue weighted by molar-refractivity contribution is 5.98. The molecular weight excluding hydrogens is 122 g/mol. The van der Waals surface area contributed by atoms with E-state index in [1.807, 2.05) is 0 Å². The van der Waals surface area contributed by atoms with E-state index in [0.717, 1.165) is 6.26 Å². The summed E-state index contributed by atoms with van der Waals surface area (Å²) in [6.07, 6.45) is 1.10. The van der Waals surface area contributed by atoms with E-state index < -0.39 is 11.9 Å². The zero-order valence-electron chi connectivity index (χ0n) is 4.59. The molecule has 0 atom stereocenters. The number of primary amides is 1. The molecule has 0 bridgehead atoms. The van der Waals surface area contributed by atoms with Gasteiger partial charge in [0.15, 0.2) is 0 Å². The van der Waals surface area contributed by atoms with Crippen LogP contribution in [0.3, 0.4) is 0 Å². The smallest absolute Gasteiger partial charge is 0.315 e. The van der Waals surface area contributed by atoms with Crippen LogP contribution in [-0.2, 0) is 14.3 Å². The van der Waals surface area contributed by atoms with Gasteiger partial charge in [0.05, 0.1) is 12.0 Å². The molecule has 1 aliphatic heterocycles. The Labute approximate surface area is 51.3 Å². The first-order valence-electron chi connectivity index (χ1n) is 2.38. The van der Waals surface area contributed by atoms with Crippen molar-refractivity contribution in [3.63, 3.8) is 0 Å². The molecule has 0 aromatic heterocycles. The van der Waals surface area contributed by atoms with E-state index in [1.54, 1.807) is 0 Å². The van der Waals surface area contributed by atoms with Crippen molar-refractivity contribution in [2.24, 2.45) is 5.73 Å². The molecule has 1 aliphatic rings. The zero-order valence-corrected chi connectivity index (χ0v) is 4.59. The molecule has 4 heteroatoms. The van der Waals surface area contributed by atoms with Crippen LogP contribution in [0.4, 0.5) is 0 Å². The lowest BCUT2D eigenvalue weighted by Crippen LogP contribution is -2.13. The maximum atomic E-state index is 10.3. The van der Waals surface area contributed by atoms with Gasteiger partial charge in [-0.1, -0.05) is 0 Å². The van der Waals surface area contributed by atoms with Crippen LogP contribution in [0.1, 0.15) is 6.42 Å². The van der Waals surface area contributed by atoms with Crippen molar-refractivity contribution in [1.82, 2.24) is 0 Å². The average Bonchev–Trinajstić information content (AvgIpc) is 2.14. The molecule has 0 aliphatic carbocycles. The van der Waals surface area contributed by atoms with E-state index in [-0.39, 0.29) is 12.0 Å². The number of ether oxygens (including phenoxy) is 1. The van der Waals surface area contributed by atoms with Gasteiger partial charge in [0.1, 0.15) is 6.26 Å².